The summed E-state index contributed by atoms with van der Waals surface area (Å²) in [6.07, 6.45) is 7.84. The van der Waals surface area contributed by atoms with Crippen molar-refractivity contribution in [3.8, 4) is 0 Å². The molecule has 1 N–H and O–H groups in total. The van der Waals surface area contributed by atoms with Crippen molar-refractivity contribution in [2.24, 2.45) is 18.0 Å². The number of aromatic nitrogens is 2. The number of thioether (sulfide) groups is 1. The Kier molecular flexibility index (Phi) is 3.09. The molecule has 1 fully saturated rings. The van der Waals surface area contributed by atoms with Crippen molar-refractivity contribution in [3.05, 3.63) is 18.0 Å². The summed E-state index contributed by atoms with van der Waals surface area (Å²) in [6, 6.07) is 0. The van der Waals surface area contributed by atoms with Crippen LogP contribution in [0.4, 0.5) is 0 Å². The highest BCUT2D eigenvalue weighted by atomic mass is 32.2. The van der Waals surface area contributed by atoms with Crippen LogP contribution < -0.4 is 5.32 Å². The van der Waals surface area contributed by atoms with Gasteiger partial charge in [0, 0.05) is 25.0 Å². The molecule has 1 aromatic rings. The zero-order valence-electron chi connectivity index (χ0n) is 10.1. The third-order valence-electron chi connectivity index (χ3n) is 3.27. The fourth-order valence-electron chi connectivity index (χ4n) is 2.12. The predicted molar refractivity (Wildman–Crippen MR) is 71.3 cm³/mol. The first-order valence-corrected chi connectivity index (χ1v) is 7.12. The number of amidine groups is 1. The first-order chi connectivity index (χ1) is 8.31. The van der Waals surface area contributed by atoms with Crippen molar-refractivity contribution >= 4 is 16.9 Å². The lowest BCUT2D eigenvalue weighted by molar-refractivity contribution is 0.766. The van der Waals surface area contributed by atoms with Crippen molar-refractivity contribution in [2.45, 2.75) is 24.5 Å². The second kappa shape index (κ2) is 4.72. The van der Waals surface area contributed by atoms with Crippen LogP contribution in [0.2, 0.25) is 0 Å². The SMILES string of the molecule is Cn1cc(CCNC2=NCC(C3CC3)S2)cn1. The number of nitrogens with one attached hydrogen (secondary N) is 1. The van der Waals surface area contributed by atoms with Crippen LogP contribution >= 0.6 is 11.8 Å². The Morgan fingerprint density at radius 2 is 2.41 bits per heavy atom. The van der Waals surface area contributed by atoms with Gasteiger partial charge in [-0.05, 0) is 30.7 Å². The fourth-order valence-corrected chi connectivity index (χ4v) is 3.35. The summed E-state index contributed by atoms with van der Waals surface area (Å²) < 4.78 is 1.85. The molecule has 1 aromatic heterocycles. The molecule has 1 atom stereocenters. The fraction of sp³-hybridized carbons (Fsp3) is 0.667. The van der Waals surface area contributed by atoms with Gasteiger partial charge in [-0.15, -0.1) is 0 Å². The normalized spacial score (nSPS) is 23.8. The van der Waals surface area contributed by atoms with Crippen LogP contribution in [0.25, 0.3) is 0 Å². The highest BCUT2D eigenvalue weighted by Crippen LogP contribution is 2.41. The average molecular weight is 250 g/mol. The molecule has 92 valence electrons. The number of hydrogen-bond acceptors (Lipinski definition) is 4. The average Bonchev–Trinajstić information content (AvgIpc) is 2.93. The summed E-state index contributed by atoms with van der Waals surface area (Å²) in [5.41, 5.74) is 1.28. The van der Waals surface area contributed by atoms with Crippen LogP contribution in [0.5, 0.6) is 0 Å². The van der Waals surface area contributed by atoms with Crippen LogP contribution in [0.1, 0.15) is 18.4 Å². The van der Waals surface area contributed by atoms with Gasteiger partial charge >= 0.3 is 0 Å². The van der Waals surface area contributed by atoms with Crippen molar-refractivity contribution in [3.63, 3.8) is 0 Å². The first kappa shape index (κ1) is 11.1. The first-order valence-electron chi connectivity index (χ1n) is 6.24. The smallest absolute Gasteiger partial charge is 0.156 e. The van der Waals surface area contributed by atoms with Crippen molar-refractivity contribution < 1.29 is 0 Å². The maximum atomic E-state index is 4.56. The predicted octanol–water partition coefficient (Wildman–Crippen LogP) is 1.43. The van der Waals surface area contributed by atoms with Crippen molar-refractivity contribution in [1.29, 1.82) is 0 Å². The monoisotopic (exact) mass is 250 g/mol. The molecule has 1 saturated carbocycles. The molecule has 0 amide bonds. The highest BCUT2D eigenvalue weighted by molar-refractivity contribution is 8.14. The van der Waals surface area contributed by atoms with E-state index in [1.807, 2.05) is 29.7 Å². The summed E-state index contributed by atoms with van der Waals surface area (Å²) in [5, 5.41) is 9.50. The van der Waals surface area contributed by atoms with Gasteiger partial charge < -0.3 is 5.32 Å². The maximum absolute atomic E-state index is 4.56. The second-order valence-corrected chi connectivity index (χ2v) is 6.07. The third kappa shape index (κ3) is 2.83. The van der Waals surface area contributed by atoms with E-state index in [0.717, 1.165) is 35.8 Å². The van der Waals surface area contributed by atoms with E-state index >= 15 is 0 Å². The van der Waals surface area contributed by atoms with Crippen molar-refractivity contribution in [1.82, 2.24) is 15.1 Å². The van der Waals surface area contributed by atoms with E-state index in [9.17, 15) is 0 Å². The lowest BCUT2D eigenvalue weighted by Gasteiger charge is -2.06. The minimum atomic E-state index is 0.760. The summed E-state index contributed by atoms with van der Waals surface area (Å²) >= 11 is 1.94. The van der Waals surface area contributed by atoms with Gasteiger partial charge in [0.15, 0.2) is 5.17 Å². The van der Waals surface area contributed by atoms with Crippen LogP contribution in [-0.2, 0) is 13.5 Å². The van der Waals surface area contributed by atoms with E-state index in [4.69, 9.17) is 0 Å². The number of aryl methyl sites for hydroxylation is 1. The molecule has 0 radical (unpaired) electrons. The molecule has 0 spiro atoms. The molecule has 0 bridgehead atoms. The zero-order valence-corrected chi connectivity index (χ0v) is 10.9. The van der Waals surface area contributed by atoms with Gasteiger partial charge in [0.2, 0.25) is 0 Å². The molecular weight excluding hydrogens is 232 g/mol. The molecule has 1 aliphatic carbocycles. The molecule has 17 heavy (non-hydrogen) atoms. The van der Waals surface area contributed by atoms with Crippen LogP contribution in [-0.4, -0.2) is 33.3 Å². The number of nitrogens with zero attached hydrogens (tertiary/aromatic N) is 3. The van der Waals surface area contributed by atoms with E-state index in [1.165, 1.54) is 18.4 Å². The summed E-state index contributed by atoms with van der Waals surface area (Å²) in [7, 11) is 1.95. The number of hydrogen-bond donors (Lipinski definition) is 1. The molecule has 0 aromatic carbocycles. The van der Waals surface area contributed by atoms with E-state index < -0.39 is 0 Å². The molecule has 0 saturated heterocycles. The summed E-state index contributed by atoms with van der Waals surface area (Å²) in [4.78, 5) is 4.56. The van der Waals surface area contributed by atoms with E-state index in [1.54, 1.807) is 0 Å². The molecular formula is C12H18N4S. The highest BCUT2D eigenvalue weighted by Gasteiger charge is 2.35. The Balaban J connectivity index is 1.40. The third-order valence-corrected chi connectivity index (χ3v) is 4.61. The largest absolute Gasteiger partial charge is 0.365 e. The molecule has 2 heterocycles. The standard InChI is InChI=1S/C12H18N4S/c1-16-8-9(6-15-16)4-5-13-12-14-7-11(17-12)10-2-3-10/h6,8,10-11H,2-5,7H2,1H3,(H,13,14). The van der Waals surface area contributed by atoms with Gasteiger partial charge in [-0.25, -0.2) is 0 Å². The Bertz CT molecular complexity index is 422. The molecule has 4 nitrogen and oxygen atoms in total. The van der Waals surface area contributed by atoms with E-state index in [-0.39, 0.29) is 0 Å². The van der Waals surface area contributed by atoms with Crippen LogP contribution in [0.3, 0.4) is 0 Å². The maximum Gasteiger partial charge on any atom is 0.156 e. The van der Waals surface area contributed by atoms with Gasteiger partial charge in [-0.2, -0.15) is 5.10 Å². The zero-order chi connectivity index (χ0) is 11.7. The molecule has 3 rings (SSSR count). The Morgan fingerprint density at radius 3 is 3.12 bits per heavy atom. The summed E-state index contributed by atoms with van der Waals surface area (Å²) in [6.45, 7) is 1.97. The van der Waals surface area contributed by atoms with E-state index in [2.05, 4.69) is 21.6 Å². The Labute approximate surface area is 106 Å². The van der Waals surface area contributed by atoms with Crippen LogP contribution in [0, 0.1) is 5.92 Å². The molecule has 1 aliphatic heterocycles. The Hall–Kier alpha value is -0.970. The van der Waals surface area contributed by atoms with Gasteiger partial charge in [0.05, 0.1) is 12.7 Å². The minimum absolute atomic E-state index is 0.760. The van der Waals surface area contributed by atoms with Gasteiger partial charge in [-0.3, -0.25) is 9.67 Å². The van der Waals surface area contributed by atoms with Crippen molar-refractivity contribution in [2.75, 3.05) is 13.1 Å². The lowest BCUT2D eigenvalue weighted by Crippen LogP contribution is -2.22. The van der Waals surface area contributed by atoms with Gasteiger partial charge in [0.1, 0.15) is 0 Å². The molecule has 5 heteroatoms. The second-order valence-electron chi connectivity index (χ2n) is 4.84. The van der Waals surface area contributed by atoms with Crippen LogP contribution in [0.15, 0.2) is 17.4 Å². The number of rotatable bonds is 4. The lowest BCUT2D eigenvalue weighted by atomic mass is 10.2. The Morgan fingerprint density at radius 1 is 1.53 bits per heavy atom. The van der Waals surface area contributed by atoms with Gasteiger partial charge in [-0.1, -0.05) is 11.8 Å². The minimum Gasteiger partial charge on any atom is -0.365 e. The topological polar surface area (TPSA) is 42.2 Å². The summed E-state index contributed by atoms with van der Waals surface area (Å²) in [5.74, 6) is 0.946. The molecule has 2 aliphatic rings. The molecule has 1 unspecified atom stereocenters. The number of aliphatic imine (C=N–C) groups is 1. The van der Waals surface area contributed by atoms with Gasteiger partial charge in [0.25, 0.3) is 0 Å². The quantitative estimate of drug-likeness (QED) is 0.879. The van der Waals surface area contributed by atoms with E-state index in [0.29, 0.717) is 0 Å².